The van der Waals surface area contributed by atoms with Gasteiger partial charge in [-0.2, -0.15) is 0 Å². The predicted octanol–water partition coefficient (Wildman–Crippen LogP) is 2.53. The van der Waals surface area contributed by atoms with Crippen LogP contribution in [-0.2, 0) is 4.74 Å². The maximum absolute atomic E-state index is 12.2. The van der Waals surface area contributed by atoms with Gasteiger partial charge in [-0.3, -0.25) is 9.69 Å². The summed E-state index contributed by atoms with van der Waals surface area (Å²) >= 11 is 0. The third kappa shape index (κ3) is 4.24. The van der Waals surface area contributed by atoms with Crippen molar-refractivity contribution in [3.8, 4) is 0 Å². The number of ketones is 1. The SMILES string of the molecule is CCN(CC(=O)c1cccc(C)c1)C(C)COC. The lowest BCUT2D eigenvalue weighted by Crippen LogP contribution is -2.39. The lowest BCUT2D eigenvalue weighted by atomic mass is 10.1. The van der Waals surface area contributed by atoms with E-state index >= 15 is 0 Å². The Morgan fingerprint density at radius 2 is 2.17 bits per heavy atom. The molecular weight excluding hydrogens is 226 g/mol. The number of ether oxygens (including phenoxy) is 1. The van der Waals surface area contributed by atoms with Crippen molar-refractivity contribution in [2.24, 2.45) is 0 Å². The second kappa shape index (κ2) is 7.29. The number of aryl methyl sites for hydroxylation is 1. The van der Waals surface area contributed by atoms with Gasteiger partial charge < -0.3 is 4.74 Å². The molecule has 0 aliphatic heterocycles. The van der Waals surface area contributed by atoms with Crippen molar-refractivity contribution in [3.05, 3.63) is 35.4 Å². The van der Waals surface area contributed by atoms with E-state index in [1.807, 2.05) is 31.2 Å². The van der Waals surface area contributed by atoms with Crippen LogP contribution in [0.25, 0.3) is 0 Å². The molecule has 0 bridgehead atoms. The third-order valence-corrected chi connectivity index (χ3v) is 3.12. The Morgan fingerprint density at radius 3 is 2.72 bits per heavy atom. The van der Waals surface area contributed by atoms with Crippen molar-refractivity contribution < 1.29 is 9.53 Å². The second-order valence-electron chi connectivity index (χ2n) is 4.66. The minimum atomic E-state index is 0.170. The maximum atomic E-state index is 12.2. The van der Waals surface area contributed by atoms with E-state index in [4.69, 9.17) is 4.74 Å². The molecule has 0 radical (unpaired) electrons. The number of methoxy groups -OCH3 is 1. The summed E-state index contributed by atoms with van der Waals surface area (Å²) < 4.78 is 5.14. The van der Waals surface area contributed by atoms with Gasteiger partial charge in [-0.05, 0) is 26.5 Å². The van der Waals surface area contributed by atoms with E-state index in [1.54, 1.807) is 7.11 Å². The molecule has 0 heterocycles. The molecule has 1 aromatic carbocycles. The van der Waals surface area contributed by atoms with Crippen molar-refractivity contribution in [1.82, 2.24) is 4.90 Å². The van der Waals surface area contributed by atoms with Gasteiger partial charge in [0.2, 0.25) is 0 Å². The minimum Gasteiger partial charge on any atom is -0.383 e. The first-order chi connectivity index (χ1) is 8.58. The van der Waals surface area contributed by atoms with Crippen LogP contribution >= 0.6 is 0 Å². The van der Waals surface area contributed by atoms with Gasteiger partial charge in [0, 0.05) is 18.7 Å². The topological polar surface area (TPSA) is 29.5 Å². The van der Waals surface area contributed by atoms with Crippen LogP contribution in [0.3, 0.4) is 0 Å². The molecule has 0 N–H and O–H groups in total. The Hall–Kier alpha value is -1.19. The molecule has 0 spiro atoms. The Morgan fingerprint density at radius 1 is 1.44 bits per heavy atom. The number of benzene rings is 1. The zero-order chi connectivity index (χ0) is 13.5. The highest BCUT2D eigenvalue weighted by atomic mass is 16.5. The summed E-state index contributed by atoms with van der Waals surface area (Å²) in [5, 5.41) is 0. The smallest absolute Gasteiger partial charge is 0.176 e. The molecule has 1 aromatic rings. The number of nitrogens with zero attached hydrogens (tertiary/aromatic N) is 1. The Kier molecular flexibility index (Phi) is 6.02. The first kappa shape index (κ1) is 14.9. The standard InChI is InChI=1S/C15H23NO2/c1-5-16(13(3)11-18-4)10-15(17)14-8-6-7-12(2)9-14/h6-9,13H,5,10-11H2,1-4H3. The molecule has 100 valence electrons. The largest absolute Gasteiger partial charge is 0.383 e. The van der Waals surface area contributed by atoms with E-state index in [-0.39, 0.29) is 11.8 Å². The second-order valence-corrected chi connectivity index (χ2v) is 4.66. The Labute approximate surface area is 110 Å². The Bertz CT molecular complexity index is 390. The minimum absolute atomic E-state index is 0.170. The van der Waals surface area contributed by atoms with Crippen molar-refractivity contribution in [3.63, 3.8) is 0 Å². The molecule has 1 unspecified atom stereocenters. The monoisotopic (exact) mass is 249 g/mol. The number of hydrogen-bond acceptors (Lipinski definition) is 3. The summed E-state index contributed by atoms with van der Waals surface area (Å²) in [4.78, 5) is 14.3. The molecule has 18 heavy (non-hydrogen) atoms. The molecule has 3 nitrogen and oxygen atoms in total. The van der Waals surface area contributed by atoms with Crippen LogP contribution in [0.15, 0.2) is 24.3 Å². The number of Topliss-reactive ketones (excluding diaryl/α,β-unsaturated/α-hetero) is 1. The predicted molar refractivity (Wildman–Crippen MR) is 74.1 cm³/mol. The fourth-order valence-corrected chi connectivity index (χ4v) is 2.02. The van der Waals surface area contributed by atoms with E-state index in [2.05, 4.69) is 18.7 Å². The van der Waals surface area contributed by atoms with Crippen molar-refractivity contribution in [2.45, 2.75) is 26.8 Å². The van der Waals surface area contributed by atoms with Crippen molar-refractivity contribution >= 4 is 5.78 Å². The first-order valence-electron chi connectivity index (χ1n) is 6.41. The highest BCUT2D eigenvalue weighted by Gasteiger charge is 2.16. The molecule has 1 atom stereocenters. The summed E-state index contributed by atoms with van der Waals surface area (Å²) in [5.41, 5.74) is 1.91. The van der Waals surface area contributed by atoms with Gasteiger partial charge >= 0.3 is 0 Å². The van der Waals surface area contributed by atoms with Gasteiger partial charge in [-0.15, -0.1) is 0 Å². The molecule has 0 amide bonds. The molecule has 1 rings (SSSR count). The molecular formula is C15H23NO2. The van der Waals surface area contributed by atoms with Crippen LogP contribution in [0.2, 0.25) is 0 Å². The molecule has 3 heteroatoms. The highest BCUT2D eigenvalue weighted by molar-refractivity contribution is 5.97. The van der Waals surface area contributed by atoms with Gasteiger partial charge in [0.15, 0.2) is 5.78 Å². The summed E-state index contributed by atoms with van der Waals surface area (Å²) in [7, 11) is 1.69. The third-order valence-electron chi connectivity index (χ3n) is 3.12. The first-order valence-corrected chi connectivity index (χ1v) is 6.41. The number of hydrogen-bond donors (Lipinski definition) is 0. The van der Waals surface area contributed by atoms with Crippen LogP contribution in [0.4, 0.5) is 0 Å². The maximum Gasteiger partial charge on any atom is 0.176 e. The van der Waals surface area contributed by atoms with E-state index in [0.717, 1.165) is 17.7 Å². The van der Waals surface area contributed by atoms with Crippen molar-refractivity contribution in [2.75, 3.05) is 26.8 Å². The lowest BCUT2D eigenvalue weighted by molar-refractivity contribution is 0.0788. The molecule has 0 aliphatic carbocycles. The van der Waals surface area contributed by atoms with E-state index < -0.39 is 0 Å². The highest BCUT2D eigenvalue weighted by Crippen LogP contribution is 2.07. The van der Waals surface area contributed by atoms with Crippen LogP contribution < -0.4 is 0 Å². The number of carbonyl (C=O) groups is 1. The quantitative estimate of drug-likeness (QED) is 0.695. The zero-order valence-corrected chi connectivity index (χ0v) is 11.8. The summed E-state index contributed by atoms with van der Waals surface area (Å²) in [6.45, 7) is 8.09. The van der Waals surface area contributed by atoms with E-state index in [0.29, 0.717) is 13.2 Å². The average Bonchev–Trinajstić information content (AvgIpc) is 2.35. The molecule has 0 aliphatic rings. The molecule has 0 fully saturated rings. The van der Waals surface area contributed by atoms with Gasteiger partial charge in [-0.25, -0.2) is 0 Å². The lowest BCUT2D eigenvalue weighted by Gasteiger charge is -2.26. The van der Waals surface area contributed by atoms with Gasteiger partial charge in [0.05, 0.1) is 13.2 Å². The Balaban J connectivity index is 2.67. The van der Waals surface area contributed by atoms with Crippen LogP contribution in [0.5, 0.6) is 0 Å². The zero-order valence-electron chi connectivity index (χ0n) is 11.8. The van der Waals surface area contributed by atoms with Crippen LogP contribution in [-0.4, -0.2) is 43.5 Å². The average molecular weight is 249 g/mol. The van der Waals surface area contributed by atoms with Crippen LogP contribution in [0.1, 0.15) is 29.8 Å². The van der Waals surface area contributed by atoms with Gasteiger partial charge in [0.25, 0.3) is 0 Å². The summed E-state index contributed by atoms with van der Waals surface area (Å²) in [5.74, 6) is 0.170. The number of rotatable bonds is 7. The summed E-state index contributed by atoms with van der Waals surface area (Å²) in [6, 6.07) is 8.01. The van der Waals surface area contributed by atoms with Crippen molar-refractivity contribution in [1.29, 1.82) is 0 Å². The number of likely N-dealkylation sites (N-methyl/N-ethyl adjacent to an activating group) is 1. The van der Waals surface area contributed by atoms with E-state index in [1.165, 1.54) is 0 Å². The molecule has 0 saturated heterocycles. The fraction of sp³-hybridized carbons (Fsp3) is 0.533. The molecule has 0 aromatic heterocycles. The van der Waals surface area contributed by atoms with Gasteiger partial charge in [-0.1, -0.05) is 30.7 Å². The normalized spacial score (nSPS) is 12.7. The number of carbonyl (C=O) groups excluding carboxylic acids is 1. The van der Waals surface area contributed by atoms with Gasteiger partial charge in [0.1, 0.15) is 0 Å². The van der Waals surface area contributed by atoms with Crippen LogP contribution in [0, 0.1) is 6.92 Å². The molecule has 0 saturated carbocycles. The van der Waals surface area contributed by atoms with E-state index in [9.17, 15) is 4.79 Å². The summed E-state index contributed by atoms with van der Waals surface area (Å²) in [6.07, 6.45) is 0. The fourth-order valence-electron chi connectivity index (χ4n) is 2.02.